The van der Waals surface area contributed by atoms with Gasteiger partial charge in [0.15, 0.2) is 0 Å². The maximum atomic E-state index is 11.9. The number of nitrogens with two attached hydrogens (primary N) is 1. The molecule has 0 spiro atoms. The monoisotopic (exact) mass is 349 g/mol. The minimum atomic E-state index is -0.149. The van der Waals surface area contributed by atoms with Crippen molar-refractivity contribution in [1.29, 1.82) is 0 Å². The van der Waals surface area contributed by atoms with Gasteiger partial charge in [0.2, 0.25) is 5.91 Å². The Morgan fingerprint density at radius 2 is 2.00 bits per heavy atom. The molecule has 0 aliphatic carbocycles. The van der Waals surface area contributed by atoms with Crippen molar-refractivity contribution in [2.24, 2.45) is 0 Å². The third kappa shape index (κ3) is 4.19. The van der Waals surface area contributed by atoms with Crippen molar-refractivity contribution in [1.82, 2.24) is 4.57 Å². The van der Waals surface area contributed by atoms with E-state index in [0.29, 0.717) is 23.5 Å². The van der Waals surface area contributed by atoms with Gasteiger partial charge in [-0.15, -0.1) is 0 Å². The Hall–Kier alpha value is -2.08. The Bertz CT molecular complexity index is 708. The molecule has 0 bridgehead atoms. The second-order valence-electron chi connectivity index (χ2n) is 4.76. The summed E-state index contributed by atoms with van der Waals surface area (Å²) in [4.78, 5) is 23.8. The summed E-state index contributed by atoms with van der Waals surface area (Å²) < 4.78 is 2.35. The zero-order valence-corrected chi connectivity index (χ0v) is 13.2. The SMILES string of the molecule is Cc1cc(Br)cn(CCC(=O)Nc2ccc(N)cc2)c1=O. The molecule has 0 aliphatic heterocycles. The van der Waals surface area contributed by atoms with Gasteiger partial charge in [-0.3, -0.25) is 9.59 Å². The van der Waals surface area contributed by atoms with Crippen LogP contribution < -0.4 is 16.6 Å². The topological polar surface area (TPSA) is 77.1 Å². The van der Waals surface area contributed by atoms with Gasteiger partial charge in [-0.2, -0.15) is 0 Å². The second kappa shape index (κ2) is 6.58. The molecule has 6 heteroatoms. The van der Waals surface area contributed by atoms with Crippen LogP contribution >= 0.6 is 15.9 Å². The van der Waals surface area contributed by atoms with Crippen LogP contribution in [0.3, 0.4) is 0 Å². The number of nitrogen functional groups attached to an aromatic ring is 1. The van der Waals surface area contributed by atoms with Crippen molar-refractivity contribution in [3.05, 3.63) is 56.9 Å². The number of halogens is 1. The smallest absolute Gasteiger partial charge is 0.253 e. The number of hydrogen-bond acceptors (Lipinski definition) is 3. The Kier molecular flexibility index (Phi) is 4.80. The number of benzene rings is 1. The molecule has 1 heterocycles. The molecule has 0 aliphatic rings. The lowest BCUT2D eigenvalue weighted by atomic mass is 10.2. The number of aryl methyl sites for hydroxylation is 2. The number of hydrogen-bond donors (Lipinski definition) is 2. The van der Waals surface area contributed by atoms with Crippen LogP contribution in [0.25, 0.3) is 0 Å². The van der Waals surface area contributed by atoms with Crippen molar-refractivity contribution in [2.75, 3.05) is 11.1 Å². The van der Waals surface area contributed by atoms with Gasteiger partial charge in [-0.25, -0.2) is 0 Å². The van der Waals surface area contributed by atoms with Crippen molar-refractivity contribution >= 4 is 33.2 Å². The first-order valence-corrected chi connectivity index (χ1v) is 7.27. The fourth-order valence-corrected chi connectivity index (χ4v) is 2.51. The first kappa shape index (κ1) is 15.3. The van der Waals surface area contributed by atoms with Gasteiger partial charge in [-0.05, 0) is 53.2 Å². The highest BCUT2D eigenvalue weighted by Crippen LogP contribution is 2.11. The largest absolute Gasteiger partial charge is 0.399 e. The first-order valence-electron chi connectivity index (χ1n) is 6.47. The van der Waals surface area contributed by atoms with Crippen LogP contribution in [0.5, 0.6) is 0 Å². The minimum Gasteiger partial charge on any atom is -0.399 e. The molecule has 110 valence electrons. The van der Waals surface area contributed by atoms with E-state index in [4.69, 9.17) is 5.73 Å². The molecule has 0 radical (unpaired) electrons. The van der Waals surface area contributed by atoms with E-state index in [1.165, 1.54) is 4.57 Å². The fraction of sp³-hybridized carbons (Fsp3) is 0.200. The molecule has 3 N–H and O–H groups in total. The van der Waals surface area contributed by atoms with Gasteiger partial charge >= 0.3 is 0 Å². The number of pyridine rings is 1. The molecular formula is C15H16BrN3O2. The van der Waals surface area contributed by atoms with Crippen LogP contribution in [0.2, 0.25) is 0 Å². The average molecular weight is 350 g/mol. The quantitative estimate of drug-likeness (QED) is 0.832. The molecule has 1 amide bonds. The van der Waals surface area contributed by atoms with Crippen LogP contribution in [0.1, 0.15) is 12.0 Å². The summed E-state index contributed by atoms with van der Waals surface area (Å²) in [7, 11) is 0. The summed E-state index contributed by atoms with van der Waals surface area (Å²) in [5.41, 5.74) is 7.47. The lowest BCUT2D eigenvalue weighted by molar-refractivity contribution is -0.116. The molecule has 1 aromatic carbocycles. The van der Waals surface area contributed by atoms with E-state index < -0.39 is 0 Å². The summed E-state index contributed by atoms with van der Waals surface area (Å²) in [5, 5.41) is 2.77. The normalized spacial score (nSPS) is 10.4. The molecular weight excluding hydrogens is 334 g/mol. The maximum absolute atomic E-state index is 11.9. The molecule has 2 rings (SSSR count). The number of nitrogens with one attached hydrogen (secondary N) is 1. The van der Waals surface area contributed by atoms with Gasteiger partial charge in [-0.1, -0.05) is 0 Å². The fourth-order valence-electron chi connectivity index (χ4n) is 1.92. The van der Waals surface area contributed by atoms with E-state index in [0.717, 1.165) is 4.47 Å². The van der Waals surface area contributed by atoms with Crippen molar-refractivity contribution in [3.8, 4) is 0 Å². The number of aromatic nitrogens is 1. The van der Waals surface area contributed by atoms with Crippen LogP contribution in [0.15, 0.2) is 45.8 Å². The van der Waals surface area contributed by atoms with E-state index in [1.54, 1.807) is 43.5 Å². The van der Waals surface area contributed by atoms with Crippen LogP contribution in [-0.4, -0.2) is 10.5 Å². The third-order valence-corrected chi connectivity index (χ3v) is 3.44. The second-order valence-corrected chi connectivity index (χ2v) is 5.68. The first-order chi connectivity index (χ1) is 9.95. The van der Waals surface area contributed by atoms with Crippen molar-refractivity contribution < 1.29 is 4.79 Å². The van der Waals surface area contributed by atoms with Gasteiger partial charge < -0.3 is 15.6 Å². The highest BCUT2D eigenvalue weighted by atomic mass is 79.9. The average Bonchev–Trinajstić information content (AvgIpc) is 2.44. The summed E-state index contributed by atoms with van der Waals surface area (Å²) in [5.74, 6) is -0.149. The molecule has 21 heavy (non-hydrogen) atoms. The highest BCUT2D eigenvalue weighted by Gasteiger charge is 2.06. The summed E-state index contributed by atoms with van der Waals surface area (Å²) >= 11 is 3.34. The van der Waals surface area contributed by atoms with Gasteiger partial charge in [0.05, 0.1) is 0 Å². The lowest BCUT2D eigenvalue weighted by Gasteiger charge is -2.09. The zero-order chi connectivity index (χ0) is 15.4. The number of rotatable bonds is 4. The Balaban J connectivity index is 1.98. The maximum Gasteiger partial charge on any atom is 0.253 e. The van der Waals surface area contributed by atoms with E-state index >= 15 is 0 Å². The zero-order valence-electron chi connectivity index (χ0n) is 11.6. The van der Waals surface area contributed by atoms with Crippen LogP contribution in [-0.2, 0) is 11.3 Å². The highest BCUT2D eigenvalue weighted by molar-refractivity contribution is 9.10. The minimum absolute atomic E-state index is 0.0847. The Morgan fingerprint density at radius 1 is 1.33 bits per heavy atom. The van der Waals surface area contributed by atoms with E-state index in [-0.39, 0.29) is 17.9 Å². The van der Waals surface area contributed by atoms with E-state index in [9.17, 15) is 9.59 Å². The molecule has 5 nitrogen and oxygen atoms in total. The predicted molar refractivity (Wildman–Crippen MR) is 87.2 cm³/mol. The van der Waals surface area contributed by atoms with Crippen molar-refractivity contribution in [2.45, 2.75) is 19.9 Å². The van der Waals surface area contributed by atoms with Crippen molar-refractivity contribution in [3.63, 3.8) is 0 Å². The Morgan fingerprint density at radius 3 is 2.67 bits per heavy atom. The van der Waals surface area contributed by atoms with Gasteiger partial charge in [0.1, 0.15) is 0 Å². The van der Waals surface area contributed by atoms with E-state index in [1.807, 2.05) is 0 Å². The molecule has 0 atom stereocenters. The standard InChI is InChI=1S/C15H16BrN3O2/c1-10-8-11(16)9-19(15(10)21)7-6-14(20)18-13-4-2-12(17)3-5-13/h2-5,8-9H,6-7,17H2,1H3,(H,18,20). The summed E-state index contributed by atoms with van der Waals surface area (Å²) in [6.07, 6.45) is 1.91. The Labute approximate surface area is 130 Å². The third-order valence-electron chi connectivity index (χ3n) is 3.01. The van der Waals surface area contributed by atoms with Gasteiger partial charge in [0.25, 0.3) is 5.56 Å². The predicted octanol–water partition coefficient (Wildman–Crippen LogP) is 2.53. The molecule has 0 fully saturated rings. The summed E-state index contributed by atoms with van der Waals surface area (Å²) in [6, 6.07) is 8.67. The number of carbonyl (C=O) groups excluding carboxylic acids is 1. The van der Waals surface area contributed by atoms with E-state index in [2.05, 4.69) is 21.2 Å². The number of nitrogens with zero attached hydrogens (tertiary/aromatic N) is 1. The van der Waals surface area contributed by atoms with Crippen LogP contribution in [0, 0.1) is 6.92 Å². The molecule has 0 unspecified atom stereocenters. The number of carbonyl (C=O) groups is 1. The molecule has 1 aromatic heterocycles. The van der Waals surface area contributed by atoms with Crippen LogP contribution in [0.4, 0.5) is 11.4 Å². The lowest BCUT2D eigenvalue weighted by Crippen LogP contribution is -2.24. The summed E-state index contributed by atoms with van der Waals surface area (Å²) in [6.45, 7) is 2.08. The molecule has 0 saturated heterocycles. The number of amides is 1. The molecule has 0 saturated carbocycles. The number of anilines is 2. The van der Waals surface area contributed by atoms with Gasteiger partial charge in [0, 0.05) is 40.6 Å². The molecule has 2 aromatic rings.